The Balaban J connectivity index is 2.01. The van der Waals surface area contributed by atoms with E-state index in [1.165, 1.54) is 0 Å². The Labute approximate surface area is 113 Å². The van der Waals surface area contributed by atoms with Gasteiger partial charge in [-0.2, -0.15) is 0 Å². The highest BCUT2D eigenvalue weighted by molar-refractivity contribution is 5.76. The fraction of sp³-hybridized carbons (Fsp3) is 0.188. The summed E-state index contributed by atoms with van der Waals surface area (Å²) >= 11 is 0. The number of para-hydroxylation sites is 1. The van der Waals surface area contributed by atoms with Crippen LogP contribution < -0.4 is 10.5 Å². The summed E-state index contributed by atoms with van der Waals surface area (Å²) in [5.41, 5.74) is 6.33. The maximum Gasteiger partial charge on any atom is 0.220 e. The van der Waals surface area contributed by atoms with E-state index in [2.05, 4.69) is 0 Å². The molecule has 98 valence electrons. The molecule has 0 aromatic heterocycles. The van der Waals surface area contributed by atoms with Gasteiger partial charge in [0.1, 0.15) is 11.5 Å². The largest absolute Gasteiger partial charge is 0.457 e. The Kier molecular flexibility index (Phi) is 4.18. The summed E-state index contributed by atoms with van der Waals surface area (Å²) in [6.07, 6.45) is 0.654. The zero-order valence-corrected chi connectivity index (χ0v) is 10.9. The third kappa shape index (κ3) is 3.85. The molecule has 2 rings (SSSR count). The van der Waals surface area contributed by atoms with E-state index in [-0.39, 0.29) is 11.8 Å². The molecule has 1 unspecified atom stereocenters. The smallest absolute Gasteiger partial charge is 0.220 e. The van der Waals surface area contributed by atoms with Crippen LogP contribution in [-0.4, -0.2) is 5.91 Å². The van der Waals surface area contributed by atoms with Crippen molar-refractivity contribution in [2.45, 2.75) is 13.3 Å². The predicted octanol–water partition coefficient (Wildman–Crippen LogP) is 3.14. The molecule has 3 nitrogen and oxygen atoms in total. The lowest BCUT2D eigenvalue weighted by atomic mass is 10.0. The van der Waals surface area contributed by atoms with Crippen molar-refractivity contribution in [1.82, 2.24) is 0 Å². The van der Waals surface area contributed by atoms with Crippen LogP contribution in [-0.2, 0) is 11.2 Å². The Morgan fingerprint density at radius 2 is 1.63 bits per heavy atom. The Morgan fingerprint density at radius 1 is 1.05 bits per heavy atom. The maximum atomic E-state index is 11.0. The second kappa shape index (κ2) is 6.05. The molecular formula is C16H17NO2. The molecule has 2 aromatic carbocycles. The van der Waals surface area contributed by atoms with E-state index in [1.54, 1.807) is 0 Å². The van der Waals surface area contributed by atoms with Gasteiger partial charge in [0.05, 0.1) is 0 Å². The van der Waals surface area contributed by atoms with E-state index in [0.29, 0.717) is 6.42 Å². The highest BCUT2D eigenvalue weighted by Crippen LogP contribution is 2.21. The first-order valence-corrected chi connectivity index (χ1v) is 6.26. The number of rotatable bonds is 5. The monoisotopic (exact) mass is 255 g/mol. The van der Waals surface area contributed by atoms with Crippen LogP contribution in [0.1, 0.15) is 12.5 Å². The number of hydrogen-bond donors (Lipinski definition) is 1. The third-order valence-corrected chi connectivity index (χ3v) is 2.93. The quantitative estimate of drug-likeness (QED) is 0.892. The van der Waals surface area contributed by atoms with E-state index in [9.17, 15) is 4.79 Å². The first kappa shape index (κ1) is 13.1. The standard InChI is InChI=1S/C16H17NO2/c1-12(16(17)18)11-13-7-9-15(10-8-13)19-14-5-3-2-4-6-14/h2-10,12H,11H2,1H3,(H2,17,18). The number of carbonyl (C=O) groups is 1. The van der Waals surface area contributed by atoms with Gasteiger partial charge < -0.3 is 10.5 Å². The summed E-state index contributed by atoms with van der Waals surface area (Å²) < 4.78 is 5.69. The second-order valence-electron chi connectivity index (χ2n) is 4.57. The Bertz CT molecular complexity index is 534. The van der Waals surface area contributed by atoms with Crippen LogP contribution in [0.5, 0.6) is 11.5 Å². The molecule has 0 bridgehead atoms. The summed E-state index contributed by atoms with van der Waals surface area (Å²) in [6.45, 7) is 1.83. The summed E-state index contributed by atoms with van der Waals surface area (Å²) in [7, 11) is 0. The minimum absolute atomic E-state index is 0.152. The summed E-state index contributed by atoms with van der Waals surface area (Å²) in [4.78, 5) is 11.0. The van der Waals surface area contributed by atoms with Crippen molar-refractivity contribution in [3.8, 4) is 11.5 Å². The molecule has 2 N–H and O–H groups in total. The van der Waals surface area contributed by atoms with E-state index < -0.39 is 0 Å². The van der Waals surface area contributed by atoms with Gasteiger partial charge in [-0.25, -0.2) is 0 Å². The van der Waals surface area contributed by atoms with Gasteiger partial charge in [-0.05, 0) is 36.2 Å². The van der Waals surface area contributed by atoms with Gasteiger partial charge in [0.15, 0.2) is 0 Å². The molecule has 0 aliphatic rings. The van der Waals surface area contributed by atoms with Crippen molar-refractivity contribution in [3.05, 3.63) is 60.2 Å². The summed E-state index contributed by atoms with van der Waals surface area (Å²) in [5, 5.41) is 0. The Morgan fingerprint density at radius 3 is 2.21 bits per heavy atom. The molecule has 0 aliphatic heterocycles. The van der Waals surface area contributed by atoms with Crippen LogP contribution in [0.25, 0.3) is 0 Å². The number of ether oxygens (including phenoxy) is 1. The topological polar surface area (TPSA) is 52.3 Å². The lowest BCUT2D eigenvalue weighted by Crippen LogP contribution is -2.22. The number of carbonyl (C=O) groups excluding carboxylic acids is 1. The molecule has 1 amide bonds. The zero-order valence-electron chi connectivity index (χ0n) is 10.9. The lowest BCUT2D eigenvalue weighted by Gasteiger charge is -2.09. The van der Waals surface area contributed by atoms with Crippen LogP contribution >= 0.6 is 0 Å². The number of nitrogens with two attached hydrogens (primary N) is 1. The van der Waals surface area contributed by atoms with Crippen molar-refractivity contribution in [2.24, 2.45) is 11.7 Å². The number of primary amides is 1. The van der Waals surface area contributed by atoms with Crippen LogP contribution in [0.15, 0.2) is 54.6 Å². The fourth-order valence-corrected chi connectivity index (χ4v) is 1.77. The number of benzene rings is 2. The minimum Gasteiger partial charge on any atom is -0.457 e. The average molecular weight is 255 g/mol. The third-order valence-electron chi connectivity index (χ3n) is 2.93. The van der Waals surface area contributed by atoms with Crippen molar-refractivity contribution in [1.29, 1.82) is 0 Å². The van der Waals surface area contributed by atoms with Crippen molar-refractivity contribution in [2.75, 3.05) is 0 Å². The van der Waals surface area contributed by atoms with Crippen molar-refractivity contribution in [3.63, 3.8) is 0 Å². The number of amides is 1. The molecule has 0 saturated carbocycles. The molecule has 0 radical (unpaired) electrons. The van der Waals surface area contributed by atoms with Gasteiger partial charge in [-0.3, -0.25) is 4.79 Å². The van der Waals surface area contributed by atoms with Gasteiger partial charge >= 0.3 is 0 Å². The van der Waals surface area contributed by atoms with Crippen LogP contribution in [0.2, 0.25) is 0 Å². The van der Waals surface area contributed by atoms with Gasteiger partial charge in [-0.15, -0.1) is 0 Å². The van der Waals surface area contributed by atoms with E-state index >= 15 is 0 Å². The normalized spacial score (nSPS) is 11.8. The van der Waals surface area contributed by atoms with E-state index in [1.807, 2.05) is 61.5 Å². The molecule has 2 aromatic rings. The molecule has 0 heterocycles. The zero-order chi connectivity index (χ0) is 13.7. The minimum atomic E-state index is -0.274. The molecular weight excluding hydrogens is 238 g/mol. The molecule has 0 fully saturated rings. The van der Waals surface area contributed by atoms with Gasteiger partial charge in [0, 0.05) is 5.92 Å². The van der Waals surface area contributed by atoms with E-state index in [4.69, 9.17) is 10.5 Å². The first-order chi connectivity index (χ1) is 9.15. The van der Waals surface area contributed by atoms with Crippen LogP contribution in [0.3, 0.4) is 0 Å². The predicted molar refractivity (Wildman–Crippen MR) is 75.0 cm³/mol. The summed E-state index contributed by atoms with van der Waals surface area (Å²) in [6, 6.07) is 17.3. The molecule has 0 aliphatic carbocycles. The van der Waals surface area contributed by atoms with Crippen LogP contribution in [0.4, 0.5) is 0 Å². The molecule has 0 saturated heterocycles. The average Bonchev–Trinajstić information content (AvgIpc) is 2.42. The SMILES string of the molecule is CC(Cc1ccc(Oc2ccccc2)cc1)C(N)=O. The Hall–Kier alpha value is -2.29. The van der Waals surface area contributed by atoms with E-state index in [0.717, 1.165) is 17.1 Å². The molecule has 1 atom stereocenters. The van der Waals surface area contributed by atoms with Crippen molar-refractivity contribution < 1.29 is 9.53 Å². The van der Waals surface area contributed by atoms with Gasteiger partial charge in [-0.1, -0.05) is 37.3 Å². The highest BCUT2D eigenvalue weighted by Gasteiger charge is 2.09. The van der Waals surface area contributed by atoms with Crippen molar-refractivity contribution >= 4 is 5.91 Å². The van der Waals surface area contributed by atoms with Crippen LogP contribution in [0, 0.1) is 5.92 Å². The molecule has 19 heavy (non-hydrogen) atoms. The molecule has 3 heteroatoms. The summed E-state index contributed by atoms with van der Waals surface area (Å²) in [5.74, 6) is 1.16. The first-order valence-electron chi connectivity index (χ1n) is 6.26. The van der Waals surface area contributed by atoms with Gasteiger partial charge in [0.25, 0.3) is 0 Å². The van der Waals surface area contributed by atoms with Gasteiger partial charge in [0.2, 0.25) is 5.91 Å². The fourth-order valence-electron chi connectivity index (χ4n) is 1.77. The highest BCUT2D eigenvalue weighted by atomic mass is 16.5. The maximum absolute atomic E-state index is 11.0. The lowest BCUT2D eigenvalue weighted by molar-refractivity contribution is -0.121. The number of hydrogen-bond acceptors (Lipinski definition) is 2. The molecule has 0 spiro atoms. The second-order valence-corrected chi connectivity index (χ2v) is 4.57.